The highest BCUT2D eigenvalue weighted by molar-refractivity contribution is 6.04. The molecule has 0 saturated carbocycles. The molecule has 5 aromatic carbocycles. The van der Waals surface area contributed by atoms with Gasteiger partial charge in [-0.25, -0.2) is 15.0 Å². The summed E-state index contributed by atoms with van der Waals surface area (Å²) in [6, 6.07) is 13.9. The number of fused-ring (bicyclic) bond motifs is 2. The monoisotopic (exact) mass is 458 g/mol. The second-order valence-electron chi connectivity index (χ2n) is 7.80. The first-order valence-electron chi connectivity index (χ1n) is 15.3. The van der Waals surface area contributed by atoms with Crippen LogP contribution in [-0.2, 0) is 0 Å². The van der Waals surface area contributed by atoms with E-state index in [0.717, 1.165) is 0 Å². The predicted octanol–water partition coefficient (Wildman–Crippen LogP) is 7.80. The van der Waals surface area contributed by atoms with Crippen LogP contribution in [0.5, 0.6) is 11.5 Å². The van der Waals surface area contributed by atoms with Gasteiger partial charge in [0.1, 0.15) is 11.5 Å². The van der Waals surface area contributed by atoms with Crippen LogP contribution >= 0.6 is 0 Å². The fourth-order valence-electron chi connectivity index (χ4n) is 3.99. The molecule has 164 valence electrons. The lowest BCUT2D eigenvalue weighted by molar-refractivity contribution is 0.487. The largest absolute Gasteiger partial charge is 0.456 e. The van der Waals surface area contributed by atoms with Gasteiger partial charge < -0.3 is 4.74 Å². The molecule has 0 bridgehead atoms. The van der Waals surface area contributed by atoms with Gasteiger partial charge in [-0.1, -0.05) is 90.9 Å². The summed E-state index contributed by atoms with van der Waals surface area (Å²) < 4.78 is 84.0. The first kappa shape index (κ1) is 12.6. The molecule has 1 aliphatic heterocycles. The molecular formula is C31H19N3O. The molecule has 0 fully saturated rings. The summed E-state index contributed by atoms with van der Waals surface area (Å²) in [6.45, 7) is 0. The van der Waals surface area contributed by atoms with Crippen molar-refractivity contribution in [3.05, 3.63) is 115 Å². The van der Waals surface area contributed by atoms with Gasteiger partial charge >= 0.3 is 0 Å². The van der Waals surface area contributed by atoms with Gasteiger partial charge in [0.05, 0.1) is 12.3 Å². The van der Waals surface area contributed by atoms with Crippen molar-refractivity contribution in [1.82, 2.24) is 15.0 Å². The van der Waals surface area contributed by atoms with Gasteiger partial charge in [-0.3, -0.25) is 0 Å². The minimum absolute atomic E-state index is 0.0309. The standard InChI is InChI=1S/C31H19N3O/c1-3-9-21(10-4-1)29-32-30(22-11-5-2-6-12-22)34-31(33-29)23-17-18-26-25(19-23)24-15-7-13-20-14-8-16-27(35-26)28(20)24/h1-19H/i7D,8D,13D,14D,15D,16D,17D,18D,19D. The van der Waals surface area contributed by atoms with Crippen molar-refractivity contribution >= 4 is 10.8 Å². The third-order valence-electron chi connectivity index (χ3n) is 5.62. The van der Waals surface area contributed by atoms with Crippen LogP contribution in [0, 0.1) is 0 Å². The van der Waals surface area contributed by atoms with Crippen LogP contribution in [0.4, 0.5) is 0 Å². The first-order chi connectivity index (χ1) is 21.1. The van der Waals surface area contributed by atoms with E-state index in [0.29, 0.717) is 11.1 Å². The van der Waals surface area contributed by atoms with Crippen LogP contribution in [0.2, 0.25) is 0 Å². The van der Waals surface area contributed by atoms with E-state index >= 15 is 0 Å². The summed E-state index contributed by atoms with van der Waals surface area (Å²) in [7, 11) is 0. The minimum atomic E-state index is -0.544. The Labute approximate surface area is 215 Å². The molecular weight excluding hydrogens is 430 g/mol. The highest BCUT2D eigenvalue weighted by Gasteiger charge is 2.21. The molecule has 4 nitrogen and oxygen atoms in total. The molecule has 35 heavy (non-hydrogen) atoms. The van der Waals surface area contributed by atoms with Crippen LogP contribution in [-0.4, -0.2) is 15.0 Å². The maximum Gasteiger partial charge on any atom is 0.164 e. The predicted molar refractivity (Wildman–Crippen MR) is 139 cm³/mol. The number of benzene rings is 5. The zero-order valence-corrected chi connectivity index (χ0v) is 18.0. The van der Waals surface area contributed by atoms with Crippen molar-refractivity contribution in [3.8, 4) is 56.8 Å². The number of aromatic nitrogens is 3. The Kier molecular flexibility index (Phi) is 2.84. The summed E-state index contributed by atoms with van der Waals surface area (Å²) >= 11 is 0. The molecule has 0 unspecified atom stereocenters. The Morgan fingerprint density at radius 2 is 1.14 bits per heavy atom. The first-order valence-corrected chi connectivity index (χ1v) is 10.8. The maximum atomic E-state index is 9.32. The molecule has 1 aromatic heterocycles. The average molecular weight is 459 g/mol. The van der Waals surface area contributed by atoms with Gasteiger partial charge in [-0.2, -0.15) is 0 Å². The fourth-order valence-corrected chi connectivity index (χ4v) is 3.99. The summed E-state index contributed by atoms with van der Waals surface area (Å²) in [5.74, 6) is -0.0757. The summed E-state index contributed by atoms with van der Waals surface area (Å²) in [5, 5.41) is -0.195. The smallest absolute Gasteiger partial charge is 0.164 e. The second kappa shape index (κ2) is 7.89. The molecule has 0 spiro atoms. The van der Waals surface area contributed by atoms with Crippen LogP contribution in [0.25, 0.3) is 56.1 Å². The summed E-state index contributed by atoms with van der Waals surface area (Å²) in [5.41, 5.74) is 0.978. The molecule has 2 heterocycles. The van der Waals surface area contributed by atoms with E-state index < -0.39 is 48.3 Å². The fraction of sp³-hybridized carbons (Fsp3) is 0. The van der Waals surface area contributed by atoms with Gasteiger partial charge in [-0.05, 0) is 35.1 Å². The van der Waals surface area contributed by atoms with E-state index in [1.165, 1.54) is 0 Å². The SMILES string of the molecule is [2H]c1c([2H])c(-c2nc(-c3ccccc3)nc(-c3ccccc3)n2)c([2H])c2c1Oc1c([2H])c([2H])c([2H])c3c([2H])c([2H])c([2H])c-2c13. The number of hydrogen-bond donors (Lipinski definition) is 0. The Balaban J connectivity index is 1.59. The van der Waals surface area contributed by atoms with E-state index in [4.69, 9.17) is 15.7 Å². The lowest BCUT2D eigenvalue weighted by Crippen LogP contribution is -2.01. The normalized spacial score (nSPS) is 15.3. The second-order valence-corrected chi connectivity index (χ2v) is 7.80. The van der Waals surface area contributed by atoms with E-state index in [2.05, 4.69) is 15.0 Å². The van der Waals surface area contributed by atoms with E-state index in [-0.39, 0.29) is 62.5 Å². The van der Waals surface area contributed by atoms with E-state index in [1.807, 2.05) is 60.7 Å². The Morgan fingerprint density at radius 3 is 1.80 bits per heavy atom. The summed E-state index contributed by atoms with van der Waals surface area (Å²) in [4.78, 5) is 13.9. The van der Waals surface area contributed by atoms with Gasteiger partial charge in [0.2, 0.25) is 0 Å². The Bertz CT molecular complexity index is 2130. The van der Waals surface area contributed by atoms with E-state index in [9.17, 15) is 1.37 Å². The average Bonchev–Trinajstić information content (AvgIpc) is 3.05. The molecule has 4 heteroatoms. The van der Waals surface area contributed by atoms with Crippen molar-refractivity contribution in [3.63, 3.8) is 0 Å². The van der Waals surface area contributed by atoms with Crippen molar-refractivity contribution in [2.45, 2.75) is 0 Å². The molecule has 0 radical (unpaired) electrons. The molecule has 0 saturated heterocycles. The third-order valence-corrected chi connectivity index (χ3v) is 5.62. The number of ether oxygens (including phenoxy) is 1. The lowest BCUT2D eigenvalue weighted by Gasteiger charge is -2.21. The summed E-state index contributed by atoms with van der Waals surface area (Å²) in [6.07, 6.45) is 0. The molecule has 0 N–H and O–H groups in total. The Morgan fingerprint density at radius 1 is 0.543 bits per heavy atom. The molecule has 0 amide bonds. The topological polar surface area (TPSA) is 47.9 Å². The molecule has 7 rings (SSSR count). The van der Waals surface area contributed by atoms with Gasteiger partial charge in [0.25, 0.3) is 0 Å². The zero-order valence-electron chi connectivity index (χ0n) is 27.0. The van der Waals surface area contributed by atoms with Crippen molar-refractivity contribution in [1.29, 1.82) is 0 Å². The number of rotatable bonds is 3. The van der Waals surface area contributed by atoms with Gasteiger partial charge in [0.15, 0.2) is 17.5 Å². The Hall–Kier alpha value is -4.83. The quantitative estimate of drug-likeness (QED) is 0.271. The van der Waals surface area contributed by atoms with Crippen LogP contribution < -0.4 is 4.74 Å². The van der Waals surface area contributed by atoms with E-state index in [1.54, 1.807) is 0 Å². The number of hydrogen-bond acceptors (Lipinski definition) is 4. The highest BCUT2D eigenvalue weighted by Crippen LogP contribution is 2.47. The highest BCUT2D eigenvalue weighted by atomic mass is 16.5. The van der Waals surface area contributed by atoms with Crippen molar-refractivity contribution in [2.24, 2.45) is 0 Å². The molecule has 0 atom stereocenters. The van der Waals surface area contributed by atoms with Crippen LogP contribution in [0.1, 0.15) is 12.3 Å². The lowest BCUT2D eigenvalue weighted by atomic mass is 9.93. The van der Waals surface area contributed by atoms with Crippen LogP contribution in [0.15, 0.2) is 115 Å². The zero-order chi connectivity index (χ0) is 31.0. The number of nitrogens with zero attached hydrogens (tertiary/aromatic N) is 3. The van der Waals surface area contributed by atoms with Gasteiger partial charge in [-0.15, -0.1) is 0 Å². The van der Waals surface area contributed by atoms with Gasteiger partial charge in [0, 0.05) is 27.6 Å². The van der Waals surface area contributed by atoms with Crippen molar-refractivity contribution in [2.75, 3.05) is 0 Å². The van der Waals surface area contributed by atoms with Crippen LogP contribution in [0.3, 0.4) is 0 Å². The molecule has 0 aliphatic carbocycles. The molecule has 1 aliphatic rings. The maximum absolute atomic E-state index is 9.32. The molecule has 6 aromatic rings. The minimum Gasteiger partial charge on any atom is -0.456 e. The third kappa shape index (κ3) is 3.35. The van der Waals surface area contributed by atoms with Crippen molar-refractivity contribution < 1.29 is 17.1 Å².